The van der Waals surface area contributed by atoms with Crippen LogP contribution in [0.3, 0.4) is 0 Å². The molecule has 0 aliphatic heterocycles. The molecule has 0 unspecified atom stereocenters. The summed E-state index contributed by atoms with van der Waals surface area (Å²) < 4.78 is 1.81. The van der Waals surface area contributed by atoms with Crippen LogP contribution in [0.2, 0.25) is 0 Å². The second-order valence-electron chi connectivity index (χ2n) is 8.63. The van der Waals surface area contributed by atoms with Crippen LogP contribution in [0.4, 0.5) is 0 Å². The monoisotopic (exact) mass is 426 g/mol. The average Bonchev–Trinajstić information content (AvgIpc) is 3.42. The largest absolute Gasteiger partial charge is 0.481 e. The molecule has 2 N–H and O–H groups in total. The summed E-state index contributed by atoms with van der Waals surface area (Å²) in [5, 5.41) is 23.6. The van der Waals surface area contributed by atoms with Crippen LogP contribution in [-0.2, 0) is 4.79 Å². The van der Waals surface area contributed by atoms with E-state index in [-0.39, 0.29) is 11.8 Å². The molecule has 5 aromatic rings. The van der Waals surface area contributed by atoms with Crippen LogP contribution in [0.1, 0.15) is 43.0 Å². The third-order valence-corrected chi connectivity index (χ3v) is 6.73. The van der Waals surface area contributed by atoms with Crippen LogP contribution in [0, 0.1) is 12.8 Å². The maximum Gasteiger partial charge on any atom is 0.306 e. The van der Waals surface area contributed by atoms with Gasteiger partial charge < -0.3 is 5.11 Å². The number of nitrogens with zero attached hydrogens (tertiary/aromatic N) is 5. The molecule has 1 fully saturated rings. The molecule has 1 aliphatic carbocycles. The second kappa shape index (κ2) is 7.12. The Balaban J connectivity index is 1.52. The number of nitrogens with one attached hydrogen (secondary N) is 1. The lowest BCUT2D eigenvalue weighted by Gasteiger charge is -2.26. The van der Waals surface area contributed by atoms with Crippen molar-refractivity contribution in [1.82, 2.24) is 29.8 Å². The number of H-pyrrole nitrogens is 1. The van der Waals surface area contributed by atoms with Gasteiger partial charge in [0.05, 0.1) is 34.4 Å². The molecule has 6 rings (SSSR count). The van der Waals surface area contributed by atoms with Crippen LogP contribution in [-0.4, -0.2) is 40.9 Å². The van der Waals surface area contributed by atoms with Gasteiger partial charge >= 0.3 is 5.97 Å². The van der Waals surface area contributed by atoms with Gasteiger partial charge in [0.1, 0.15) is 0 Å². The van der Waals surface area contributed by atoms with E-state index in [1.807, 2.05) is 48.1 Å². The van der Waals surface area contributed by atoms with E-state index in [9.17, 15) is 9.90 Å². The van der Waals surface area contributed by atoms with Crippen molar-refractivity contribution in [3.63, 3.8) is 0 Å². The number of hydrogen-bond acceptors (Lipinski definition) is 5. The second-order valence-corrected chi connectivity index (χ2v) is 8.63. The van der Waals surface area contributed by atoms with Crippen molar-refractivity contribution in [2.45, 2.75) is 38.5 Å². The van der Waals surface area contributed by atoms with Gasteiger partial charge in [-0.15, -0.1) is 0 Å². The van der Waals surface area contributed by atoms with Crippen LogP contribution < -0.4 is 0 Å². The zero-order valence-electron chi connectivity index (χ0n) is 17.6. The van der Waals surface area contributed by atoms with Gasteiger partial charge in [0.15, 0.2) is 11.3 Å². The number of pyridine rings is 1. The quantitative estimate of drug-likeness (QED) is 0.440. The standard InChI is InChI=1S/C24H22N6O2/c1-13-20-21(14-6-8-15(9-7-14)24(31)32)27-22-18(12-26-30(22)23(20)29-28-13)17-10-16-4-2-3-5-19(16)25-11-17/h2-5,10-12,14-15H,6-9H2,1H3,(H,28,29)(H,31,32)/t14-,15-. The SMILES string of the molecule is Cc1n[nH]c2c1c([C@H]1CC[C@H](C(=O)O)CC1)nc1c(-c3cnc4ccccc4c3)cnn12. The topological polar surface area (TPSA) is 109 Å². The summed E-state index contributed by atoms with van der Waals surface area (Å²) in [5.41, 5.74) is 6.27. The van der Waals surface area contributed by atoms with Crippen LogP contribution in [0.15, 0.2) is 42.7 Å². The van der Waals surface area contributed by atoms with E-state index in [1.54, 1.807) is 0 Å². The molecule has 1 aliphatic rings. The van der Waals surface area contributed by atoms with Gasteiger partial charge in [0.2, 0.25) is 0 Å². The number of carbonyl (C=O) groups is 1. The molecule has 160 valence electrons. The fourth-order valence-corrected chi connectivity index (χ4v) is 4.99. The Morgan fingerprint density at radius 3 is 2.78 bits per heavy atom. The Labute approximate surface area is 183 Å². The molecular formula is C24H22N6O2. The number of aliphatic carboxylic acids is 1. The normalized spacial score (nSPS) is 19.2. The summed E-state index contributed by atoms with van der Waals surface area (Å²) in [6.07, 6.45) is 6.65. The van der Waals surface area contributed by atoms with Crippen LogP contribution in [0.5, 0.6) is 0 Å². The van der Waals surface area contributed by atoms with Crippen molar-refractivity contribution in [1.29, 1.82) is 0 Å². The molecule has 1 aromatic carbocycles. The zero-order valence-corrected chi connectivity index (χ0v) is 17.6. The molecule has 4 heterocycles. The fourth-order valence-electron chi connectivity index (χ4n) is 4.99. The van der Waals surface area contributed by atoms with Gasteiger partial charge in [-0.3, -0.25) is 14.9 Å². The Morgan fingerprint density at radius 1 is 1.16 bits per heavy atom. The zero-order chi connectivity index (χ0) is 21.8. The molecule has 0 spiro atoms. The van der Waals surface area contributed by atoms with Crippen LogP contribution in [0.25, 0.3) is 38.7 Å². The first-order valence-electron chi connectivity index (χ1n) is 10.9. The summed E-state index contributed by atoms with van der Waals surface area (Å²) >= 11 is 0. The minimum Gasteiger partial charge on any atom is -0.481 e. The average molecular weight is 426 g/mol. The molecule has 0 saturated heterocycles. The maximum atomic E-state index is 11.4. The number of aromatic nitrogens is 6. The molecule has 1 saturated carbocycles. The van der Waals surface area contributed by atoms with Crippen molar-refractivity contribution in [2.75, 3.05) is 0 Å². The summed E-state index contributed by atoms with van der Waals surface area (Å²) in [4.78, 5) is 21.1. The molecule has 0 radical (unpaired) electrons. The molecule has 0 bridgehead atoms. The lowest BCUT2D eigenvalue weighted by Crippen LogP contribution is -2.21. The van der Waals surface area contributed by atoms with E-state index in [4.69, 9.17) is 4.98 Å². The number of carboxylic acid groups (broad SMARTS) is 1. The molecule has 8 nitrogen and oxygen atoms in total. The fraction of sp³-hybridized carbons (Fsp3) is 0.292. The first-order chi connectivity index (χ1) is 15.6. The highest BCUT2D eigenvalue weighted by atomic mass is 16.4. The highest BCUT2D eigenvalue weighted by molar-refractivity contribution is 5.90. The summed E-state index contributed by atoms with van der Waals surface area (Å²) in [6, 6.07) is 10.1. The number of hydrogen-bond donors (Lipinski definition) is 2. The summed E-state index contributed by atoms with van der Waals surface area (Å²) in [7, 11) is 0. The first-order valence-corrected chi connectivity index (χ1v) is 10.9. The predicted octanol–water partition coefficient (Wildman–Crippen LogP) is 4.49. The summed E-state index contributed by atoms with van der Waals surface area (Å²) in [5.74, 6) is -0.754. The Kier molecular flexibility index (Phi) is 4.21. The molecule has 4 aromatic heterocycles. The Hall–Kier alpha value is -3.81. The van der Waals surface area contributed by atoms with Crippen molar-refractivity contribution in [3.8, 4) is 11.1 Å². The van der Waals surface area contributed by atoms with Gasteiger partial charge in [0.25, 0.3) is 0 Å². The van der Waals surface area contributed by atoms with Crippen molar-refractivity contribution < 1.29 is 9.90 Å². The Bertz CT molecular complexity index is 1490. The van der Waals surface area contributed by atoms with E-state index in [0.717, 1.165) is 62.9 Å². The molecular weight excluding hydrogens is 404 g/mol. The van der Waals surface area contributed by atoms with Gasteiger partial charge in [-0.05, 0) is 44.7 Å². The number of rotatable bonds is 3. The molecule has 0 amide bonds. The third kappa shape index (κ3) is 2.86. The molecule has 0 atom stereocenters. The van der Waals surface area contributed by atoms with E-state index in [2.05, 4.69) is 26.3 Å². The minimum atomic E-state index is -0.696. The molecule has 8 heteroatoms. The highest BCUT2D eigenvalue weighted by Crippen LogP contribution is 2.39. The Morgan fingerprint density at radius 2 is 1.97 bits per heavy atom. The number of aryl methyl sites for hydroxylation is 1. The van der Waals surface area contributed by atoms with E-state index < -0.39 is 5.97 Å². The number of benzene rings is 1. The van der Waals surface area contributed by atoms with Crippen molar-refractivity contribution in [3.05, 3.63) is 54.1 Å². The smallest absolute Gasteiger partial charge is 0.306 e. The highest BCUT2D eigenvalue weighted by Gasteiger charge is 2.30. The first kappa shape index (κ1) is 18.9. The van der Waals surface area contributed by atoms with Gasteiger partial charge in [-0.2, -0.15) is 14.7 Å². The lowest BCUT2D eigenvalue weighted by atomic mass is 9.79. The molecule has 32 heavy (non-hydrogen) atoms. The number of fused-ring (bicyclic) bond motifs is 4. The number of carboxylic acids is 1. The number of para-hydroxylation sites is 1. The van der Waals surface area contributed by atoms with Crippen molar-refractivity contribution in [2.24, 2.45) is 5.92 Å². The summed E-state index contributed by atoms with van der Waals surface area (Å²) in [6.45, 7) is 1.97. The van der Waals surface area contributed by atoms with Gasteiger partial charge in [0, 0.05) is 28.6 Å². The van der Waals surface area contributed by atoms with Gasteiger partial charge in [-0.25, -0.2) is 4.98 Å². The van der Waals surface area contributed by atoms with Gasteiger partial charge in [-0.1, -0.05) is 18.2 Å². The predicted molar refractivity (Wildman–Crippen MR) is 120 cm³/mol. The van der Waals surface area contributed by atoms with E-state index >= 15 is 0 Å². The maximum absolute atomic E-state index is 11.4. The van der Waals surface area contributed by atoms with E-state index in [0.29, 0.717) is 12.8 Å². The minimum absolute atomic E-state index is 0.201. The van der Waals surface area contributed by atoms with E-state index in [1.165, 1.54) is 0 Å². The number of aromatic amines is 1. The lowest BCUT2D eigenvalue weighted by molar-refractivity contribution is -0.142. The third-order valence-electron chi connectivity index (χ3n) is 6.73. The van der Waals surface area contributed by atoms with Crippen LogP contribution >= 0.6 is 0 Å². The van der Waals surface area contributed by atoms with Crippen molar-refractivity contribution >= 4 is 33.6 Å².